The van der Waals surface area contributed by atoms with E-state index in [2.05, 4.69) is 24.4 Å². The second-order valence-electron chi connectivity index (χ2n) is 4.38. The van der Waals surface area contributed by atoms with Crippen LogP contribution in [0.2, 0.25) is 0 Å². The van der Waals surface area contributed by atoms with Crippen molar-refractivity contribution in [3.05, 3.63) is 35.4 Å². The Morgan fingerprint density at radius 3 is 2.44 bits per heavy atom. The van der Waals surface area contributed by atoms with E-state index in [1.54, 1.807) is 6.92 Å². The summed E-state index contributed by atoms with van der Waals surface area (Å²) < 4.78 is 0. The molecule has 1 unspecified atom stereocenters. The van der Waals surface area contributed by atoms with Crippen LogP contribution in [0.15, 0.2) is 24.3 Å². The molecule has 3 heteroatoms. The van der Waals surface area contributed by atoms with Crippen LogP contribution in [0, 0.1) is 0 Å². The highest BCUT2D eigenvalue weighted by Gasteiger charge is 2.17. The normalized spacial score (nSPS) is 14.8. The lowest BCUT2D eigenvalue weighted by Gasteiger charge is -2.21. The largest absolute Gasteiger partial charge is 0.393 e. The minimum absolute atomic E-state index is 0.227. The molecule has 0 spiro atoms. The average molecular weight is 223 g/mol. The Labute approximate surface area is 97.1 Å². The summed E-state index contributed by atoms with van der Waals surface area (Å²) in [5, 5.41) is 21.7. The van der Waals surface area contributed by atoms with E-state index in [-0.39, 0.29) is 6.61 Å². The number of hydrogen-bond acceptors (Lipinski definition) is 3. The maximum absolute atomic E-state index is 9.62. The van der Waals surface area contributed by atoms with Crippen molar-refractivity contribution >= 4 is 0 Å². The summed E-state index contributed by atoms with van der Waals surface area (Å²) in [5.41, 5.74) is 1.53. The Hall–Kier alpha value is -0.900. The van der Waals surface area contributed by atoms with Crippen LogP contribution in [0.1, 0.15) is 25.0 Å². The van der Waals surface area contributed by atoms with Crippen LogP contribution in [-0.4, -0.2) is 29.0 Å². The summed E-state index contributed by atoms with van der Waals surface area (Å²) in [6.07, 6.45) is 1.01. The maximum Gasteiger partial charge on any atom is 0.0972 e. The van der Waals surface area contributed by atoms with Gasteiger partial charge < -0.3 is 15.5 Å². The summed E-state index contributed by atoms with van der Waals surface area (Å²) >= 11 is 0. The molecule has 0 fully saturated rings. The van der Waals surface area contributed by atoms with Crippen LogP contribution >= 0.6 is 0 Å². The van der Waals surface area contributed by atoms with E-state index in [0.29, 0.717) is 6.54 Å². The quantitative estimate of drug-likeness (QED) is 0.676. The topological polar surface area (TPSA) is 52.5 Å². The lowest BCUT2D eigenvalue weighted by Crippen LogP contribution is -2.40. The number of hydrogen-bond donors (Lipinski definition) is 3. The van der Waals surface area contributed by atoms with Gasteiger partial charge in [0.2, 0.25) is 0 Å². The van der Waals surface area contributed by atoms with Crippen molar-refractivity contribution in [3.63, 3.8) is 0 Å². The zero-order valence-corrected chi connectivity index (χ0v) is 10.0. The summed E-state index contributed by atoms with van der Waals surface area (Å²) in [5.74, 6) is 0. The predicted octanol–water partition coefficient (Wildman–Crippen LogP) is 1.08. The molecule has 0 saturated carbocycles. The van der Waals surface area contributed by atoms with Gasteiger partial charge in [0.05, 0.1) is 12.2 Å². The summed E-state index contributed by atoms with van der Waals surface area (Å²) in [4.78, 5) is 0. The van der Waals surface area contributed by atoms with E-state index in [1.165, 1.54) is 11.1 Å². The van der Waals surface area contributed by atoms with E-state index < -0.39 is 5.60 Å². The summed E-state index contributed by atoms with van der Waals surface area (Å²) in [6, 6.07) is 8.24. The van der Waals surface area contributed by atoms with E-state index in [4.69, 9.17) is 5.11 Å². The highest BCUT2D eigenvalue weighted by Crippen LogP contribution is 2.09. The number of aliphatic hydroxyl groups is 2. The Morgan fingerprint density at radius 2 is 1.88 bits per heavy atom. The van der Waals surface area contributed by atoms with Crippen LogP contribution in [0.5, 0.6) is 0 Å². The van der Waals surface area contributed by atoms with Crippen molar-refractivity contribution < 1.29 is 10.2 Å². The Bertz CT molecular complexity index is 323. The van der Waals surface area contributed by atoms with Crippen molar-refractivity contribution in [3.8, 4) is 0 Å². The van der Waals surface area contributed by atoms with E-state index >= 15 is 0 Å². The first-order valence-corrected chi connectivity index (χ1v) is 5.70. The molecule has 16 heavy (non-hydrogen) atoms. The van der Waals surface area contributed by atoms with E-state index in [1.807, 2.05) is 12.1 Å². The minimum atomic E-state index is -1.04. The minimum Gasteiger partial charge on any atom is -0.393 e. The molecule has 1 aromatic carbocycles. The number of rotatable bonds is 6. The molecule has 1 atom stereocenters. The zero-order valence-electron chi connectivity index (χ0n) is 10.0. The SMILES string of the molecule is CCc1ccccc1CNCC(C)(O)CO. The number of nitrogens with one attached hydrogen (secondary N) is 1. The van der Waals surface area contributed by atoms with Gasteiger partial charge in [-0.05, 0) is 24.5 Å². The molecule has 90 valence electrons. The molecule has 0 aromatic heterocycles. The van der Waals surface area contributed by atoms with Crippen molar-refractivity contribution in [2.75, 3.05) is 13.2 Å². The van der Waals surface area contributed by atoms with Gasteiger partial charge in [0.15, 0.2) is 0 Å². The van der Waals surface area contributed by atoms with Gasteiger partial charge in [0.25, 0.3) is 0 Å². The van der Waals surface area contributed by atoms with Crippen LogP contribution in [0.4, 0.5) is 0 Å². The molecular formula is C13H21NO2. The van der Waals surface area contributed by atoms with E-state index in [9.17, 15) is 5.11 Å². The molecule has 0 aliphatic heterocycles. The molecule has 1 rings (SSSR count). The molecule has 0 bridgehead atoms. The molecule has 1 aromatic rings. The lowest BCUT2D eigenvalue weighted by atomic mass is 10.0. The highest BCUT2D eigenvalue weighted by atomic mass is 16.3. The standard InChI is InChI=1S/C13H21NO2/c1-3-11-6-4-5-7-12(11)8-14-9-13(2,16)10-15/h4-7,14-16H,3,8-10H2,1-2H3. The second kappa shape index (κ2) is 5.99. The smallest absolute Gasteiger partial charge is 0.0972 e. The first kappa shape index (κ1) is 13.2. The number of benzene rings is 1. The van der Waals surface area contributed by atoms with Crippen molar-refractivity contribution in [2.45, 2.75) is 32.4 Å². The molecule has 0 aliphatic rings. The molecule has 3 N–H and O–H groups in total. The van der Waals surface area contributed by atoms with Gasteiger partial charge in [0.1, 0.15) is 0 Å². The molecule has 0 heterocycles. The van der Waals surface area contributed by atoms with Crippen LogP contribution in [0.3, 0.4) is 0 Å². The first-order valence-electron chi connectivity index (χ1n) is 5.70. The van der Waals surface area contributed by atoms with Gasteiger partial charge >= 0.3 is 0 Å². The van der Waals surface area contributed by atoms with Gasteiger partial charge in [0, 0.05) is 13.1 Å². The molecule has 0 radical (unpaired) electrons. The average Bonchev–Trinajstić information content (AvgIpc) is 2.29. The zero-order chi connectivity index (χ0) is 12.0. The van der Waals surface area contributed by atoms with Gasteiger partial charge in [-0.15, -0.1) is 0 Å². The van der Waals surface area contributed by atoms with Gasteiger partial charge in [-0.25, -0.2) is 0 Å². The van der Waals surface area contributed by atoms with Crippen LogP contribution in [0.25, 0.3) is 0 Å². The maximum atomic E-state index is 9.62. The number of aryl methyl sites for hydroxylation is 1. The monoisotopic (exact) mass is 223 g/mol. The van der Waals surface area contributed by atoms with Crippen LogP contribution in [-0.2, 0) is 13.0 Å². The predicted molar refractivity (Wildman–Crippen MR) is 65.2 cm³/mol. The van der Waals surface area contributed by atoms with Crippen LogP contribution < -0.4 is 5.32 Å². The Morgan fingerprint density at radius 1 is 1.25 bits per heavy atom. The fourth-order valence-electron chi connectivity index (χ4n) is 1.60. The second-order valence-corrected chi connectivity index (χ2v) is 4.38. The summed E-state index contributed by atoms with van der Waals surface area (Å²) in [7, 11) is 0. The Balaban J connectivity index is 2.49. The lowest BCUT2D eigenvalue weighted by molar-refractivity contribution is 0.00253. The van der Waals surface area contributed by atoms with Crippen molar-refractivity contribution in [2.24, 2.45) is 0 Å². The summed E-state index contributed by atoms with van der Waals surface area (Å²) in [6.45, 7) is 4.63. The molecule has 0 aliphatic carbocycles. The molecular weight excluding hydrogens is 202 g/mol. The fraction of sp³-hybridized carbons (Fsp3) is 0.538. The van der Waals surface area contributed by atoms with E-state index in [0.717, 1.165) is 13.0 Å². The van der Waals surface area contributed by atoms with Crippen molar-refractivity contribution in [1.82, 2.24) is 5.32 Å². The highest BCUT2D eigenvalue weighted by molar-refractivity contribution is 5.26. The van der Waals surface area contributed by atoms with Gasteiger partial charge in [-0.3, -0.25) is 0 Å². The van der Waals surface area contributed by atoms with Gasteiger partial charge in [-0.1, -0.05) is 31.2 Å². The third-order valence-corrected chi connectivity index (χ3v) is 2.66. The fourth-order valence-corrected chi connectivity index (χ4v) is 1.60. The van der Waals surface area contributed by atoms with Crippen molar-refractivity contribution in [1.29, 1.82) is 0 Å². The first-order chi connectivity index (χ1) is 7.59. The third kappa shape index (κ3) is 3.93. The van der Waals surface area contributed by atoms with Gasteiger partial charge in [-0.2, -0.15) is 0 Å². The Kier molecular flexibility index (Phi) is 4.93. The number of aliphatic hydroxyl groups excluding tert-OH is 1. The third-order valence-electron chi connectivity index (χ3n) is 2.66. The molecule has 0 saturated heterocycles. The molecule has 0 amide bonds. The molecule has 3 nitrogen and oxygen atoms in total.